The first-order valence-electron chi connectivity index (χ1n) is 3.91. The number of aromatic nitrogens is 1. The van der Waals surface area contributed by atoms with Crippen LogP contribution < -0.4 is 5.73 Å². The SMILES string of the molecule is Cc1csn1/C=C(\N)c1cccs1. The molecule has 0 bridgehead atoms. The fraction of sp³-hybridized carbons (Fsp3) is 0.111. The highest BCUT2D eigenvalue weighted by Crippen LogP contribution is 2.19. The monoisotopic (exact) mass is 210 g/mol. The lowest BCUT2D eigenvalue weighted by molar-refractivity contribution is 1.15. The minimum Gasteiger partial charge on any atom is -0.396 e. The van der Waals surface area contributed by atoms with Crippen molar-refractivity contribution >= 4 is 34.8 Å². The average Bonchev–Trinajstić information content (AvgIpc) is 2.64. The molecule has 2 heterocycles. The number of hydrogen-bond acceptors (Lipinski definition) is 3. The van der Waals surface area contributed by atoms with E-state index in [4.69, 9.17) is 5.73 Å². The van der Waals surface area contributed by atoms with Crippen LogP contribution in [0.2, 0.25) is 0 Å². The van der Waals surface area contributed by atoms with Crippen LogP contribution in [0.1, 0.15) is 10.6 Å². The number of nitrogens with zero attached hydrogens (tertiary/aromatic N) is 1. The molecule has 4 heteroatoms. The van der Waals surface area contributed by atoms with Gasteiger partial charge in [-0.1, -0.05) is 17.6 Å². The van der Waals surface area contributed by atoms with Gasteiger partial charge in [-0.3, -0.25) is 3.96 Å². The molecule has 0 atom stereocenters. The highest BCUT2D eigenvalue weighted by molar-refractivity contribution is 7.11. The number of aryl methyl sites for hydroxylation is 1. The van der Waals surface area contributed by atoms with Gasteiger partial charge in [0.25, 0.3) is 0 Å². The highest BCUT2D eigenvalue weighted by Gasteiger charge is 2.00. The van der Waals surface area contributed by atoms with Gasteiger partial charge >= 0.3 is 0 Å². The summed E-state index contributed by atoms with van der Waals surface area (Å²) in [5.41, 5.74) is 7.97. The molecule has 0 spiro atoms. The maximum absolute atomic E-state index is 5.90. The van der Waals surface area contributed by atoms with Crippen molar-refractivity contribution in [2.24, 2.45) is 5.73 Å². The molecule has 0 amide bonds. The lowest BCUT2D eigenvalue weighted by atomic mass is 10.4. The quantitative estimate of drug-likeness (QED) is 0.812. The van der Waals surface area contributed by atoms with Crippen LogP contribution in [0.3, 0.4) is 0 Å². The molecule has 0 aliphatic rings. The van der Waals surface area contributed by atoms with Gasteiger partial charge < -0.3 is 5.73 Å². The van der Waals surface area contributed by atoms with Gasteiger partial charge in [0.2, 0.25) is 0 Å². The number of nitrogens with two attached hydrogens (primary N) is 1. The van der Waals surface area contributed by atoms with Crippen LogP contribution in [0.5, 0.6) is 0 Å². The second-order valence-corrected chi connectivity index (χ2v) is 4.54. The Morgan fingerprint density at radius 1 is 1.62 bits per heavy atom. The zero-order chi connectivity index (χ0) is 9.26. The molecule has 0 aliphatic carbocycles. The zero-order valence-corrected chi connectivity index (χ0v) is 8.86. The smallest absolute Gasteiger partial charge is 0.0667 e. The summed E-state index contributed by atoms with van der Waals surface area (Å²) in [6.07, 6.45) is 1.96. The van der Waals surface area contributed by atoms with Crippen LogP contribution in [0.4, 0.5) is 0 Å². The first-order valence-corrected chi connectivity index (χ1v) is 5.63. The Morgan fingerprint density at radius 3 is 2.92 bits per heavy atom. The van der Waals surface area contributed by atoms with Crippen molar-refractivity contribution in [3.8, 4) is 0 Å². The van der Waals surface area contributed by atoms with E-state index < -0.39 is 0 Å². The number of hydrogen-bond donors (Lipinski definition) is 1. The Bertz CT molecular complexity index is 406. The summed E-state index contributed by atoms with van der Waals surface area (Å²) in [6, 6.07) is 4.03. The van der Waals surface area contributed by atoms with Crippen molar-refractivity contribution in [1.29, 1.82) is 0 Å². The zero-order valence-electron chi connectivity index (χ0n) is 7.23. The summed E-state index contributed by atoms with van der Waals surface area (Å²) in [5, 5.41) is 4.13. The van der Waals surface area contributed by atoms with Gasteiger partial charge in [-0.05, 0) is 18.4 Å². The van der Waals surface area contributed by atoms with Gasteiger partial charge in [-0.25, -0.2) is 0 Å². The summed E-state index contributed by atoms with van der Waals surface area (Å²) in [7, 11) is 0. The van der Waals surface area contributed by atoms with Crippen molar-refractivity contribution in [2.45, 2.75) is 6.92 Å². The molecule has 0 fully saturated rings. The Labute approximate surface area is 85.1 Å². The van der Waals surface area contributed by atoms with E-state index in [1.165, 1.54) is 5.69 Å². The maximum Gasteiger partial charge on any atom is 0.0667 e. The van der Waals surface area contributed by atoms with Crippen molar-refractivity contribution < 1.29 is 0 Å². The van der Waals surface area contributed by atoms with Crippen molar-refractivity contribution in [1.82, 2.24) is 3.96 Å². The first kappa shape index (κ1) is 8.59. The summed E-state index contributed by atoms with van der Waals surface area (Å²) in [5.74, 6) is 0. The molecule has 13 heavy (non-hydrogen) atoms. The van der Waals surface area contributed by atoms with E-state index in [-0.39, 0.29) is 0 Å². The van der Waals surface area contributed by atoms with Crippen molar-refractivity contribution in [2.75, 3.05) is 0 Å². The standard InChI is InChI=1S/C9H10N2S2/c1-7-6-13-11(7)5-8(10)9-3-2-4-12-9/h2-6H,10H2,1H3/b8-5-. The number of rotatable bonds is 2. The van der Waals surface area contributed by atoms with Crippen LogP contribution in [0.15, 0.2) is 22.9 Å². The Balaban J connectivity index is 2.25. The normalized spacial score (nSPS) is 12.2. The molecular weight excluding hydrogens is 200 g/mol. The molecule has 0 unspecified atom stereocenters. The fourth-order valence-electron chi connectivity index (χ4n) is 0.984. The van der Waals surface area contributed by atoms with Crippen LogP contribution in [-0.2, 0) is 0 Å². The highest BCUT2D eigenvalue weighted by atomic mass is 32.1. The Hall–Kier alpha value is -1.000. The third-order valence-electron chi connectivity index (χ3n) is 1.75. The van der Waals surface area contributed by atoms with Crippen LogP contribution in [-0.4, -0.2) is 3.96 Å². The molecule has 0 radical (unpaired) electrons. The van der Waals surface area contributed by atoms with Gasteiger partial charge in [0.15, 0.2) is 0 Å². The van der Waals surface area contributed by atoms with Gasteiger partial charge in [0.1, 0.15) is 0 Å². The molecule has 2 aromatic rings. The molecule has 2 rings (SSSR count). The van der Waals surface area contributed by atoms with Crippen LogP contribution >= 0.6 is 22.9 Å². The first-order chi connectivity index (χ1) is 6.27. The van der Waals surface area contributed by atoms with Gasteiger partial charge in [-0.2, -0.15) is 0 Å². The second kappa shape index (κ2) is 3.40. The predicted molar refractivity (Wildman–Crippen MR) is 59.7 cm³/mol. The molecule has 2 aromatic heterocycles. The van der Waals surface area contributed by atoms with Crippen molar-refractivity contribution in [3.05, 3.63) is 33.5 Å². The van der Waals surface area contributed by atoms with E-state index >= 15 is 0 Å². The Morgan fingerprint density at radius 2 is 2.46 bits per heavy atom. The molecule has 0 aromatic carbocycles. The largest absolute Gasteiger partial charge is 0.396 e. The molecule has 0 saturated heterocycles. The third kappa shape index (κ3) is 1.68. The molecule has 0 saturated carbocycles. The molecule has 0 aliphatic heterocycles. The third-order valence-corrected chi connectivity index (χ3v) is 3.73. The second-order valence-electron chi connectivity index (χ2n) is 2.75. The summed E-state index contributed by atoms with van der Waals surface area (Å²) in [6.45, 7) is 2.06. The molecule has 2 N–H and O–H groups in total. The predicted octanol–water partition coefficient (Wildman–Crippen LogP) is 2.83. The molecule has 68 valence electrons. The van der Waals surface area contributed by atoms with E-state index in [1.807, 2.05) is 23.7 Å². The lowest BCUT2D eigenvalue weighted by Gasteiger charge is -2.08. The fourth-order valence-corrected chi connectivity index (χ4v) is 2.25. The lowest BCUT2D eigenvalue weighted by Crippen LogP contribution is -1.99. The summed E-state index contributed by atoms with van der Waals surface area (Å²) < 4.78 is 2.06. The van der Waals surface area contributed by atoms with Gasteiger partial charge in [0.05, 0.1) is 10.6 Å². The van der Waals surface area contributed by atoms with Crippen molar-refractivity contribution in [3.63, 3.8) is 0 Å². The molecular formula is C9H10N2S2. The van der Waals surface area contributed by atoms with Gasteiger partial charge in [0, 0.05) is 17.3 Å². The van der Waals surface area contributed by atoms with Crippen LogP contribution in [0.25, 0.3) is 11.9 Å². The average molecular weight is 210 g/mol. The van der Waals surface area contributed by atoms with E-state index in [9.17, 15) is 0 Å². The van der Waals surface area contributed by atoms with E-state index in [0.717, 1.165) is 10.6 Å². The van der Waals surface area contributed by atoms with Gasteiger partial charge in [-0.15, -0.1) is 11.3 Å². The van der Waals surface area contributed by atoms with Crippen LogP contribution in [0, 0.1) is 6.92 Å². The maximum atomic E-state index is 5.90. The van der Waals surface area contributed by atoms with E-state index in [1.54, 1.807) is 22.9 Å². The number of thiophene rings is 1. The topological polar surface area (TPSA) is 30.9 Å². The minimum atomic E-state index is 0.829. The Kier molecular flexibility index (Phi) is 2.24. The molecule has 2 nitrogen and oxygen atoms in total. The summed E-state index contributed by atoms with van der Waals surface area (Å²) in [4.78, 5) is 1.13. The minimum absolute atomic E-state index is 0.829. The summed E-state index contributed by atoms with van der Waals surface area (Å²) >= 11 is 3.32. The van der Waals surface area contributed by atoms with E-state index in [2.05, 4.69) is 16.3 Å². The van der Waals surface area contributed by atoms with E-state index in [0.29, 0.717) is 0 Å².